The van der Waals surface area contributed by atoms with Gasteiger partial charge in [0.2, 0.25) is 5.91 Å². The maximum atomic E-state index is 13.5. The van der Waals surface area contributed by atoms with Crippen molar-refractivity contribution in [2.45, 2.75) is 26.3 Å². The van der Waals surface area contributed by atoms with Gasteiger partial charge in [0, 0.05) is 39.9 Å². The number of nitrogens with zero attached hydrogens (tertiary/aromatic N) is 3. The van der Waals surface area contributed by atoms with Crippen molar-refractivity contribution in [2.75, 3.05) is 5.32 Å². The Morgan fingerprint density at radius 1 is 1.31 bits per heavy atom. The molecule has 4 aromatic heterocycles. The zero-order valence-electron chi connectivity index (χ0n) is 16.6. The standard InChI is InChI=1S/C20H16ClF2N5O2S2/c1-9-2-3-13(31-9)11-6-12(18(22)23)26-20-15(11)16(17(32-20)19(24)30)27-14(29)4-5-28-8-10(21)7-25-28/h2-3,6-8,18H,4-5H2,1H3,(H2,24,30)(H,27,29). The summed E-state index contributed by atoms with van der Waals surface area (Å²) >= 11 is 8.12. The number of nitrogens with two attached hydrogens (primary N) is 1. The number of hydrogen-bond donors (Lipinski definition) is 2. The molecule has 32 heavy (non-hydrogen) atoms. The van der Waals surface area contributed by atoms with E-state index in [1.54, 1.807) is 12.3 Å². The summed E-state index contributed by atoms with van der Waals surface area (Å²) in [4.78, 5) is 30.7. The average molecular weight is 496 g/mol. The largest absolute Gasteiger partial charge is 0.365 e. The van der Waals surface area contributed by atoms with Crippen LogP contribution < -0.4 is 11.1 Å². The lowest BCUT2D eigenvalue weighted by molar-refractivity contribution is -0.116. The van der Waals surface area contributed by atoms with Crippen LogP contribution in [-0.2, 0) is 11.3 Å². The minimum absolute atomic E-state index is 0.0452. The van der Waals surface area contributed by atoms with Gasteiger partial charge in [-0.2, -0.15) is 5.10 Å². The number of amides is 2. The van der Waals surface area contributed by atoms with Crippen molar-refractivity contribution in [1.29, 1.82) is 0 Å². The molecule has 0 spiro atoms. The van der Waals surface area contributed by atoms with E-state index in [-0.39, 0.29) is 28.4 Å². The number of nitrogens with one attached hydrogen (secondary N) is 1. The first-order valence-electron chi connectivity index (χ1n) is 9.33. The first kappa shape index (κ1) is 22.3. The molecule has 0 saturated carbocycles. The van der Waals surface area contributed by atoms with E-state index < -0.39 is 23.9 Å². The van der Waals surface area contributed by atoms with Crippen LogP contribution in [0, 0.1) is 6.92 Å². The predicted molar refractivity (Wildman–Crippen MR) is 122 cm³/mol. The number of pyridine rings is 1. The molecule has 0 aliphatic heterocycles. The van der Waals surface area contributed by atoms with Gasteiger partial charge in [0.25, 0.3) is 12.3 Å². The number of primary amides is 1. The molecule has 0 aliphatic carbocycles. The number of carbonyl (C=O) groups is 2. The number of thiophene rings is 2. The van der Waals surface area contributed by atoms with E-state index in [1.807, 2.05) is 13.0 Å². The Kier molecular flexibility index (Phi) is 6.22. The molecule has 0 aliphatic rings. The summed E-state index contributed by atoms with van der Waals surface area (Å²) in [5.41, 5.74) is 5.75. The van der Waals surface area contributed by atoms with Crippen molar-refractivity contribution in [3.05, 3.63) is 51.1 Å². The second kappa shape index (κ2) is 8.93. The SMILES string of the molecule is Cc1ccc(-c2cc(C(F)F)nc3sc(C(N)=O)c(NC(=O)CCn4cc(Cl)cn4)c23)s1. The molecule has 7 nitrogen and oxygen atoms in total. The number of fused-ring (bicyclic) bond motifs is 1. The molecule has 12 heteroatoms. The molecule has 4 aromatic rings. The van der Waals surface area contributed by atoms with Crippen LogP contribution in [0.25, 0.3) is 20.7 Å². The van der Waals surface area contributed by atoms with Crippen molar-refractivity contribution in [3.63, 3.8) is 0 Å². The Morgan fingerprint density at radius 2 is 2.09 bits per heavy atom. The fraction of sp³-hybridized carbons (Fsp3) is 0.200. The number of aryl methyl sites for hydroxylation is 2. The minimum Gasteiger partial charge on any atom is -0.365 e. The van der Waals surface area contributed by atoms with Gasteiger partial charge in [-0.25, -0.2) is 13.8 Å². The van der Waals surface area contributed by atoms with E-state index in [0.29, 0.717) is 20.8 Å². The first-order valence-corrected chi connectivity index (χ1v) is 11.3. The van der Waals surface area contributed by atoms with Gasteiger partial charge in [-0.1, -0.05) is 11.6 Å². The van der Waals surface area contributed by atoms with Gasteiger partial charge in [0.1, 0.15) is 15.4 Å². The van der Waals surface area contributed by atoms with Gasteiger partial charge in [-0.3, -0.25) is 14.3 Å². The second-order valence-electron chi connectivity index (χ2n) is 6.88. The number of halogens is 3. The van der Waals surface area contributed by atoms with Crippen LogP contribution in [0.2, 0.25) is 5.02 Å². The summed E-state index contributed by atoms with van der Waals surface area (Å²) in [7, 11) is 0. The van der Waals surface area contributed by atoms with E-state index in [1.165, 1.54) is 28.3 Å². The molecule has 0 radical (unpaired) electrons. The zero-order valence-corrected chi connectivity index (χ0v) is 19.0. The summed E-state index contributed by atoms with van der Waals surface area (Å²) < 4.78 is 28.5. The lowest BCUT2D eigenvalue weighted by atomic mass is 10.1. The number of alkyl halides is 2. The van der Waals surface area contributed by atoms with E-state index >= 15 is 0 Å². The van der Waals surface area contributed by atoms with Crippen LogP contribution in [0.1, 0.15) is 33.1 Å². The molecule has 0 atom stereocenters. The Hall–Kier alpha value is -2.89. The highest BCUT2D eigenvalue weighted by atomic mass is 35.5. The predicted octanol–water partition coefficient (Wildman–Crippen LogP) is 5.25. The van der Waals surface area contributed by atoms with Crippen molar-refractivity contribution in [3.8, 4) is 10.4 Å². The van der Waals surface area contributed by atoms with Crippen molar-refractivity contribution >= 4 is 62.0 Å². The molecule has 4 rings (SSSR count). The number of hydrogen-bond acceptors (Lipinski definition) is 6. The fourth-order valence-corrected chi connectivity index (χ4v) is 5.23. The third-order valence-corrected chi connectivity index (χ3v) is 6.90. The van der Waals surface area contributed by atoms with Gasteiger partial charge in [-0.05, 0) is 25.1 Å². The average Bonchev–Trinajstić information content (AvgIpc) is 3.44. The molecule has 0 unspecified atom stereocenters. The number of aromatic nitrogens is 3. The smallest absolute Gasteiger partial charge is 0.280 e. The molecule has 0 bridgehead atoms. The topological polar surface area (TPSA) is 103 Å². The van der Waals surface area contributed by atoms with Gasteiger partial charge in [-0.15, -0.1) is 22.7 Å². The van der Waals surface area contributed by atoms with Crippen LogP contribution in [0.5, 0.6) is 0 Å². The normalized spacial score (nSPS) is 11.4. The zero-order chi connectivity index (χ0) is 23.0. The minimum atomic E-state index is -2.79. The van der Waals surface area contributed by atoms with Crippen molar-refractivity contribution in [1.82, 2.24) is 14.8 Å². The van der Waals surface area contributed by atoms with E-state index in [4.69, 9.17) is 17.3 Å². The highest BCUT2D eigenvalue weighted by molar-refractivity contribution is 7.21. The fourth-order valence-electron chi connectivity index (χ4n) is 3.17. The molecular formula is C20H16ClF2N5O2S2. The Morgan fingerprint density at radius 3 is 2.69 bits per heavy atom. The molecule has 0 aromatic carbocycles. The highest BCUT2D eigenvalue weighted by Gasteiger charge is 2.25. The molecule has 0 fully saturated rings. The van der Waals surface area contributed by atoms with Crippen LogP contribution in [0.3, 0.4) is 0 Å². The van der Waals surface area contributed by atoms with Gasteiger partial charge >= 0.3 is 0 Å². The van der Waals surface area contributed by atoms with E-state index in [9.17, 15) is 18.4 Å². The lowest BCUT2D eigenvalue weighted by Crippen LogP contribution is -2.18. The Balaban J connectivity index is 1.78. The van der Waals surface area contributed by atoms with Crippen LogP contribution in [-0.4, -0.2) is 26.6 Å². The number of rotatable bonds is 7. The molecule has 2 amide bonds. The van der Waals surface area contributed by atoms with E-state index in [0.717, 1.165) is 16.2 Å². The summed E-state index contributed by atoms with van der Waals surface area (Å²) in [5.74, 6) is -1.18. The molecule has 4 heterocycles. The maximum absolute atomic E-state index is 13.5. The number of anilines is 1. The van der Waals surface area contributed by atoms with Crippen LogP contribution in [0.4, 0.5) is 14.5 Å². The summed E-state index contributed by atoms with van der Waals surface area (Å²) in [6.07, 6.45) is 0.288. The third-order valence-electron chi connectivity index (χ3n) is 4.57. The van der Waals surface area contributed by atoms with Gasteiger partial charge in [0.05, 0.1) is 16.9 Å². The summed E-state index contributed by atoms with van der Waals surface area (Å²) in [6, 6.07) is 4.96. The van der Waals surface area contributed by atoms with Crippen LogP contribution >= 0.6 is 34.3 Å². The lowest BCUT2D eigenvalue weighted by Gasteiger charge is -2.10. The maximum Gasteiger partial charge on any atom is 0.280 e. The third kappa shape index (κ3) is 4.50. The van der Waals surface area contributed by atoms with Gasteiger partial charge < -0.3 is 11.1 Å². The summed E-state index contributed by atoms with van der Waals surface area (Å²) in [6.45, 7) is 2.16. The second-order valence-corrected chi connectivity index (χ2v) is 9.60. The first-order chi connectivity index (χ1) is 15.2. The molecule has 166 valence electrons. The monoisotopic (exact) mass is 495 g/mol. The van der Waals surface area contributed by atoms with Crippen LogP contribution in [0.15, 0.2) is 30.6 Å². The Bertz CT molecular complexity index is 1330. The molecule has 0 saturated heterocycles. The number of carbonyl (C=O) groups excluding carboxylic acids is 2. The highest BCUT2D eigenvalue weighted by Crippen LogP contribution is 2.44. The van der Waals surface area contributed by atoms with E-state index in [2.05, 4.69) is 15.4 Å². The van der Waals surface area contributed by atoms with Gasteiger partial charge in [0.15, 0.2) is 0 Å². The molecular weight excluding hydrogens is 480 g/mol. The Labute approximate surface area is 193 Å². The van der Waals surface area contributed by atoms with Crippen molar-refractivity contribution in [2.24, 2.45) is 5.73 Å². The molecule has 3 N–H and O–H groups in total. The quantitative estimate of drug-likeness (QED) is 0.365. The van der Waals surface area contributed by atoms with Crippen molar-refractivity contribution < 1.29 is 18.4 Å². The summed E-state index contributed by atoms with van der Waals surface area (Å²) in [5, 5.41) is 7.60.